The Morgan fingerprint density at radius 3 is 1.71 bits per heavy atom. The molecule has 7 atom stereocenters. The Kier molecular flexibility index (Phi) is 19.0. The summed E-state index contributed by atoms with van der Waals surface area (Å²) in [7, 11) is 0. The van der Waals surface area contributed by atoms with Crippen molar-refractivity contribution >= 4 is 11.7 Å². The zero-order valence-corrected chi connectivity index (χ0v) is 35.3. The zero-order chi connectivity index (χ0) is 37.3. The van der Waals surface area contributed by atoms with Crippen molar-refractivity contribution in [1.29, 1.82) is 0 Å². The molecule has 0 aromatic rings. The Hall–Kier alpha value is -0.900. The van der Waals surface area contributed by atoms with E-state index in [0.717, 1.165) is 64.3 Å². The van der Waals surface area contributed by atoms with E-state index in [1.165, 1.54) is 148 Å². The smallest absolute Gasteiger partial charge is 0.222 e. The first kappa shape index (κ1) is 43.8. The number of Topliss-reactive ketones (excluding diaryl/α,β-unsaturated/α-hetero) is 1. The molecule has 0 heterocycles. The summed E-state index contributed by atoms with van der Waals surface area (Å²) < 4.78 is 0. The van der Waals surface area contributed by atoms with Crippen LogP contribution in [0.15, 0.2) is 0 Å². The van der Waals surface area contributed by atoms with Gasteiger partial charge in [-0.25, -0.2) is 0 Å². The summed E-state index contributed by atoms with van der Waals surface area (Å²) >= 11 is 0. The van der Waals surface area contributed by atoms with Crippen LogP contribution in [0.25, 0.3) is 0 Å². The van der Waals surface area contributed by atoms with Gasteiger partial charge in [0.2, 0.25) is 5.91 Å². The first-order valence-electron chi connectivity index (χ1n) is 23.7. The molecule has 0 aliphatic heterocycles. The highest BCUT2D eigenvalue weighted by Crippen LogP contribution is 2.66. The van der Waals surface area contributed by atoms with Gasteiger partial charge < -0.3 is 10.0 Å². The van der Waals surface area contributed by atoms with Gasteiger partial charge in [-0.05, 0) is 93.3 Å². The lowest BCUT2D eigenvalue weighted by molar-refractivity contribution is -0.161. The molecule has 52 heavy (non-hydrogen) atoms. The van der Waals surface area contributed by atoms with Crippen LogP contribution in [0.2, 0.25) is 0 Å². The van der Waals surface area contributed by atoms with E-state index in [0.29, 0.717) is 48.3 Å². The van der Waals surface area contributed by atoms with Crippen molar-refractivity contribution in [2.24, 2.45) is 34.5 Å². The fourth-order valence-electron chi connectivity index (χ4n) is 12.1. The first-order valence-corrected chi connectivity index (χ1v) is 23.7. The third kappa shape index (κ3) is 12.6. The molecule has 302 valence electrons. The van der Waals surface area contributed by atoms with Gasteiger partial charge in [-0.1, -0.05) is 163 Å². The minimum atomic E-state index is -0.757. The molecule has 0 unspecified atom stereocenters. The maximum Gasteiger partial charge on any atom is 0.222 e. The molecule has 4 heteroatoms. The number of ketones is 1. The summed E-state index contributed by atoms with van der Waals surface area (Å²) in [6.07, 6.45) is 40.2. The molecule has 0 radical (unpaired) electrons. The number of rotatable bonds is 27. The number of carbonyl (C=O) groups is 2. The van der Waals surface area contributed by atoms with Crippen LogP contribution in [-0.2, 0) is 9.59 Å². The van der Waals surface area contributed by atoms with Crippen LogP contribution in [0.1, 0.15) is 240 Å². The van der Waals surface area contributed by atoms with Crippen LogP contribution in [0.5, 0.6) is 0 Å². The van der Waals surface area contributed by atoms with Crippen LogP contribution in [-0.4, -0.2) is 40.4 Å². The highest BCUT2D eigenvalue weighted by molar-refractivity contribution is 5.87. The molecule has 0 aromatic heterocycles. The Morgan fingerprint density at radius 2 is 1.15 bits per heavy atom. The van der Waals surface area contributed by atoms with Gasteiger partial charge >= 0.3 is 0 Å². The van der Waals surface area contributed by atoms with Crippen LogP contribution in [0.4, 0.5) is 0 Å². The van der Waals surface area contributed by atoms with Gasteiger partial charge in [0.15, 0.2) is 0 Å². The van der Waals surface area contributed by atoms with Crippen molar-refractivity contribution in [3.8, 4) is 0 Å². The maximum absolute atomic E-state index is 13.8. The van der Waals surface area contributed by atoms with Crippen molar-refractivity contribution in [3.05, 3.63) is 0 Å². The van der Waals surface area contributed by atoms with E-state index in [9.17, 15) is 14.7 Å². The molecule has 1 amide bonds. The standard InChI is InChI=1S/C48H87NO3/c1-5-7-9-11-13-15-17-19-21-23-25-27-37-49(45(51)28-26-24-22-20-18-16-14-12-10-8-6-2)39-48(52)36-35-46(3)40(38-48)29-30-41-42-31-32-44(50)47(42,4)34-33-43(41)46/h40-43,52H,5-39H2,1-4H3/t40-,41-,42-,43-,46-,47-,48+/m0/s1. The SMILES string of the molecule is CCCCCCCCCCCCCCN(C[C@@]1(O)CC[C@@]2(C)[C@@H](CC[C@@H]3[C@@H]2CC[C@]2(C)C(=O)CC[C@@H]32)C1)C(=O)CCCCCCCCCCCCC. The number of aliphatic hydroxyl groups is 1. The van der Waals surface area contributed by atoms with E-state index in [2.05, 4.69) is 32.6 Å². The van der Waals surface area contributed by atoms with Crippen molar-refractivity contribution in [3.63, 3.8) is 0 Å². The van der Waals surface area contributed by atoms with Gasteiger partial charge in [0.25, 0.3) is 0 Å². The molecule has 0 bridgehead atoms. The summed E-state index contributed by atoms with van der Waals surface area (Å²) in [6, 6.07) is 0. The minimum Gasteiger partial charge on any atom is -0.388 e. The first-order chi connectivity index (χ1) is 25.2. The van der Waals surface area contributed by atoms with Gasteiger partial charge in [0.1, 0.15) is 5.78 Å². The predicted octanol–water partition coefficient (Wildman–Crippen LogP) is 13.6. The molecular formula is C48H87NO3. The molecule has 4 saturated carbocycles. The molecule has 0 aromatic carbocycles. The van der Waals surface area contributed by atoms with E-state index in [1.807, 2.05) is 0 Å². The number of unbranched alkanes of at least 4 members (excludes halogenated alkanes) is 21. The third-order valence-corrected chi connectivity index (χ3v) is 15.6. The summed E-state index contributed by atoms with van der Waals surface area (Å²) in [5.74, 6) is 3.32. The number of amides is 1. The average Bonchev–Trinajstić information content (AvgIpc) is 3.44. The van der Waals surface area contributed by atoms with Gasteiger partial charge in [-0.2, -0.15) is 0 Å². The molecule has 0 saturated heterocycles. The van der Waals surface area contributed by atoms with Crippen molar-refractivity contribution in [1.82, 2.24) is 4.90 Å². The molecule has 4 nitrogen and oxygen atoms in total. The molecule has 1 N–H and O–H groups in total. The molecule has 4 rings (SSSR count). The van der Waals surface area contributed by atoms with Crippen molar-refractivity contribution in [2.75, 3.05) is 13.1 Å². The highest BCUT2D eigenvalue weighted by Gasteiger charge is 2.61. The average molecular weight is 726 g/mol. The zero-order valence-electron chi connectivity index (χ0n) is 35.3. The van der Waals surface area contributed by atoms with E-state index >= 15 is 0 Å². The Labute approximate surface area is 323 Å². The van der Waals surface area contributed by atoms with Crippen LogP contribution in [0.3, 0.4) is 0 Å². The quantitative estimate of drug-likeness (QED) is 0.0858. The lowest BCUT2D eigenvalue weighted by atomic mass is 9.44. The van der Waals surface area contributed by atoms with Gasteiger partial charge in [-0.15, -0.1) is 0 Å². The van der Waals surface area contributed by atoms with E-state index in [-0.39, 0.29) is 10.8 Å². The summed E-state index contributed by atoms with van der Waals surface area (Å²) in [4.78, 5) is 28.9. The number of hydrogen-bond acceptors (Lipinski definition) is 3. The second-order valence-corrected chi connectivity index (χ2v) is 19.5. The molecule has 0 spiro atoms. The monoisotopic (exact) mass is 726 g/mol. The number of nitrogens with zero attached hydrogens (tertiary/aromatic N) is 1. The lowest BCUT2D eigenvalue weighted by Crippen LogP contribution is -2.58. The van der Waals surface area contributed by atoms with Crippen LogP contribution < -0.4 is 0 Å². The topological polar surface area (TPSA) is 57.6 Å². The van der Waals surface area contributed by atoms with Gasteiger partial charge in [0.05, 0.1) is 5.60 Å². The molecule has 4 fully saturated rings. The molecular weight excluding hydrogens is 639 g/mol. The van der Waals surface area contributed by atoms with E-state index in [1.54, 1.807) is 0 Å². The predicted molar refractivity (Wildman–Crippen MR) is 220 cm³/mol. The summed E-state index contributed by atoms with van der Waals surface area (Å²) in [6.45, 7) is 10.8. The van der Waals surface area contributed by atoms with Crippen molar-refractivity contribution < 1.29 is 14.7 Å². The van der Waals surface area contributed by atoms with Crippen molar-refractivity contribution in [2.45, 2.75) is 245 Å². The van der Waals surface area contributed by atoms with Gasteiger partial charge in [0, 0.05) is 31.3 Å². The maximum atomic E-state index is 13.8. The second-order valence-electron chi connectivity index (χ2n) is 19.5. The molecule has 4 aliphatic rings. The third-order valence-electron chi connectivity index (χ3n) is 15.6. The fourth-order valence-corrected chi connectivity index (χ4v) is 12.1. The normalized spacial score (nSPS) is 31.3. The summed E-state index contributed by atoms with van der Waals surface area (Å²) in [5, 5.41) is 12.3. The molecule has 4 aliphatic carbocycles. The minimum absolute atomic E-state index is 0.0671. The largest absolute Gasteiger partial charge is 0.388 e. The van der Waals surface area contributed by atoms with Gasteiger partial charge in [-0.3, -0.25) is 9.59 Å². The summed E-state index contributed by atoms with van der Waals surface area (Å²) in [5.41, 5.74) is -0.558. The van der Waals surface area contributed by atoms with Crippen LogP contribution in [0, 0.1) is 34.5 Å². The van der Waals surface area contributed by atoms with E-state index in [4.69, 9.17) is 0 Å². The number of fused-ring (bicyclic) bond motifs is 5. The fraction of sp³-hybridized carbons (Fsp3) is 0.958. The highest BCUT2D eigenvalue weighted by atomic mass is 16.3. The van der Waals surface area contributed by atoms with E-state index < -0.39 is 5.60 Å². The Balaban J connectivity index is 1.23. The second kappa shape index (κ2) is 22.6. The number of hydrogen-bond donors (Lipinski definition) is 1. The Bertz CT molecular complexity index is 1030. The van der Waals surface area contributed by atoms with Crippen LogP contribution >= 0.6 is 0 Å². The number of carbonyl (C=O) groups excluding carboxylic acids is 2. The lowest BCUT2D eigenvalue weighted by Gasteiger charge is -2.61. The Morgan fingerprint density at radius 1 is 0.635 bits per heavy atom.